The molecule has 1 atom stereocenters. The number of carbonyl (C=O) groups excluding carboxylic acids is 1. The zero-order valence-electron chi connectivity index (χ0n) is 17.1. The summed E-state index contributed by atoms with van der Waals surface area (Å²) in [5, 5.41) is 0. The molecule has 3 rings (SSSR count). The highest BCUT2D eigenvalue weighted by molar-refractivity contribution is 9.10. The Morgan fingerprint density at radius 3 is 1.93 bits per heavy atom. The largest absolute Gasteiger partial charge is 0.465 e. The number of halogens is 1. The van der Waals surface area contributed by atoms with Gasteiger partial charge in [-0.05, 0) is 35.7 Å². The molecule has 0 saturated heterocycles. The number of hydrogen-bond donors (Lipinski definition) is 0. The summed E-state index contributed by atoms with van der Waals surface area (Å²) in [6.45, 7) is 3.48. The number of carbonyl (C=O) groups is 1. The monoisotopic (exact) mass is 463 g/mol. The lowest BCUT2D eigenvalue weighted by Gasteiger charge is -2.28. The maximum Gasteiger partial charge on any atom is 0.327 e. The fourth-order valence-electron chi connectivity index (χ4n) is 3.24. The van der Waals surface area contributed by atoms with Gasteiger partial charge in [-0.15, -0.1) is 0 Å². The quantitative estimate of drug-likeness (QED) is 0.359. The van der Waals surface area contributed by atoms with Crippen LogP contribution in [0.15, 0.2) is 95.5 Å². The molecule has 0 bridgehead atoms. The molecule has 0 heterocycles. The van der Waals surface area contributed by atoms with Crippen LogP contribution >= 0.6 is 15.9 Å². The van der Waals surface area contributed by atoms with E-state index in [-0.39, 0.29) is 5.97 Å². The van der Waals surface area contributed by atoms with Crippen LogP contribution in [-0.2, 0) is 22.6 Å². The van der Waals surface area contributed by atoms with E-state index in [1.54, 1.807) is 0 Å². The first-order chi connectivity index (χ1) is 14.7. The molecule has 30 heavy (non-hydrogen) atoms. The fraction of sp³-hybridized carbons (Fsp3) is 0.192. The molecule has 0 N–H and O–H groups in total. The smallest absolute Gasteiger partial charge is 0.327 e. The molecule has 0 fully saturated rings. The van der Waals surface area contributed by atoms with Crippen LogP contribution in [0.4, 0.5) is 0 Å². The molecular formula is C26H26BrNO2. The molecule has 0 aliphatic heterocycles. The summed E-state index contributed by atoms with van der Waals surface area (Å²) in [6, 6.07) is 27.9. The van der Waals surface area contributed by atoms with Crippen molar-refractivity contribution in [1.29, 1.82) is 0 Å². The Balaban J connectivity index is 1.91. The number of nitrogens with zero attached hydrogens (tertiary/aromatic N) is 1. The van der Waals surface area contributed by atoms with Gasteiger partial charge in [0.2, 0.25) is 0 Å². The maximum atomic E-state index is 12.9. The van der Waals surface area contributed by atoms with Crippen LogP contribution in [0.1, 0.15) is 23.6 Å². The topological polar surface area (TPSA) is 29.5 Å². The SMILES string of the molecule is CCOC(=O)C(/C=C/c1ccc(Br)cc1)N(Cc1ccccc1)Cc1ccccc1. The summed E-state index contributed by atoms with van der Waals surface area (Å²) in [4.78, 5) is 15.1. The molecule has 0 radical (unpaired) electrons. The molecule has 3 nitrogen and oxygen atoms in total. The highest BCUT2D eigenvalue weighted by Gasteiger charge is 2.25. The van der Waals surface area contributed by atoms with Crippen molar-refractivity contribution in [2.45, 2.75) is 26.1 Å². The minimum atomic E-state index is -0.492. The van der Waals surface area contributed by atoms with E-state index in [1.165, 1.54) is 0 Å². The van der Waals surface area contributed by atoms with Gasteiger partial charge >= 0.3 is 5.97 Å². The Bertz CT molecular complexity index is 898. The van der Waals surface area contributed by atoms with E-state index in [0.717, 1.165) is 21.2 Å². The summed E-state index contributed by atoms with van der Waals surface area (Å²) in [6.07, 6.45) is 3.92. The van der Waals surface area contributed by atoms with Crippen LogP contribution in [-0.4, -0.2) is 23.5 Å². The van der Waals surface area contributed by atoms with Crippen molar-refractivity contribution in [3.63, 3.8) is 0 Å². The summed E-state index contributed by atoms with van der Waals surface area (Å²) < 4.78 is 6.45. The second kappa shape index (κ2) is 11.5. The Labute approximate surface area is 187 Å². The minimum absolute atomic E-state index is 0.238. The van der Waals surface area contributed by atoms with Crippen LogP contribution < -0.4 is 0 Å². The van der Waals surface area contributed by atoms with Crippen LogP contribution in [0.2, 0.25) is 0 Å². The third-order valence-corrected chi connectivity index (χ3v) is 5.25. The number of benzene rings is 3. The second-order valence-corrected chi connectivity index (χ2v) is 7.90. The molecule has 3 aromatic carbocycles. The van der Waals surface area contributed by atoms with Gasteiger partial charge in [0.1, 0.15) is 6.04 Å². The summed E-state index contributed by atoms with van der Waals surface area (Å²) >= 11 is 3.46. The van der Waals surface area contributed by atoms with Crippen molar-refractivity contribution in [2.24, 2.45) is 0 Å². The predicted octanol–water partition coefficient (Wildman–Crippen LogP) is 6.10. The lowest BCUT2D eigenvalue weighted by molar-refractivity contribution is -0.148. The van der Waals surface area contributed by atoms with Gasteiger partial charge in [-0.1, -0.05) is 101 Å². The van der Waals surface area contributed by atoms with E-state index in [2.05, 4.69) is 45.1 Å². The van der Waals surface area contributed by atoms with E-state index >= 15 is 0 Å². The average Bonchev–Trinajstić information content (AvgIpc) is 2.77. The van der Waals surface area contributed by atoms with Crippen molar-refractivity contribution >= 4 is 28.0 Å². The number of hydrogen-bond acceptors (Lipinski definition) is 3. The standard InChI is InChI=1S/C26H26BrNO2/c1-2-30-26(29)25(18-15-21-13-16-24(27)17-14-21)28(19-22-9-5-3-6-10-22)20-23-11-7-4-8-12-23/h3-18,25H,2,19-20H2,1H3/b18-15+. The zero-order chi connectivity index (χ0) is 21.2. The van der Waals surface area contributed by atoms with E-state index in [1.807, 2.05) is 79.7 Å². The Kier molecular flexibility index (Phi) is 8.42. The lowest BCUT2D eigenvalue weighted by atomic mass is 10.1. The van der Waals surface area contributed by atoms with Crippen molar-refractivity contribution in [3.8, 4) is 0 Å². The molecule has 0 spiro atoms. The third-order valence-electron chi connectivity index (χ3n) is 4.72. The third kappa shape index (κ3) is 6.68. The highest BCUT2D eigenvalue weighted by atomic mass is 79.9. The molecular weight excluding hydrogens is 438 g/mol. The van der Waals surface area contributed by atoms with Crippen molar-refractivity contribution in [2.75, 3.05) is 6.61 Å². The minimum Gasteiger partial charge on any atom is -0.465 e. The van der Waals surface area contributed by atoms with Crippen molar-refractivity contribution in [3.05, 3.63) is 112 Å². The predicted molar refractivity (Wildman–Crippen MR) is 126 cm³/mol. The lowest BCUT2D eigenvalue weighted by Crippen LogP contribution is -2.40. The molecule has 4 heteroatoms. The first kappa shape index (κ1) is 22.0. The summed E-state index contributed by atoms with van der Waals surface area (Å²) in [5.41, 5.74) is 3.34. The Morgan fingerprint density at radius 1 is 0.900 bits per heavy atom. The van der Waals surface area contributed by atoms with Crippen LogP contribution in [0.5, 0.6) is 0 Å². The molecule has 0 aliphatic carbocycles. The Hall–Kier alpha value is -2.69. The van der Waals surface area contributed by atoms with Crippen molar-refractivity contribution in [1.82, 2.24) is 4.90 Å². The normalized spacial score (nSPS) is 12.2. The maximum absolute atomic E-state index is 12.9. The first-order valence-corrected chi connectivity index (χ1v) is 10.9. The van der Waals surface area contributed by atoms with Crippen molar-refractivity contribution < 1.29 is 9.53 Å². The molecule has 0 saturated carbocycles. The number of rotatable bonds is 9. The van der Waals surface area contributed by atoms with E-state index in [9.17, 15) is 4.79 Å². The summed E-state index contributed by atoms with van der Waals surface area (Å²) in [5.74, 6) is -0.238. The Morgan fingerprint density at radius 2 is 1.43 bits per heavy atom. The highest BCUT2D eigenvalue weighted by Crippen LogP contribution is 2.18. The van der Waals surface area contributed by atoms with Gasteiger partial charge in [0, 0.05) is 17.6 Å². The molecule has 0 amide bonds. The van der Waals surface area contributed by atoms with Gasteiger partial charge in [0.05, 0.1) is 6.61 Å². The van der Waals surface area contributed by atoms with E-state index < -0.39 is 6.04 Å². The van der Waals surface area contributed by atoms with Crippen LogP contribution in [0.25, 0.3) is 6.08 Å². The van der Waals surface area contributed by atoms with Gasteiger partial charge in [-0.25, -0.2) is 0 Å². The summed E-state index contributed by atoms with van der Waals surface area (Å²) in [7, 11) is 0. The fourth-order valence-corrected chi connectivity index (χ4v) is 3.51. The van der Waals surface area contributed by atoms with E-state index in [4.69, 9.17) is 4.74 Å². The van der Waals surface area contributed by atoms with Gasteiger partial charge in [-0.2, -0.15) is 0 Å². The van der Waals surface area contributed by atoms with Crippen LogP contribution in [0, 0.1) is 0 Å². The van der Waals surface area contributed by atoms with Crippen LogP contribution in [0.3, 0.4) is 0 Å². The molecule has 0 aromatic heterocycles. The average molecular weight is 464 g/mol. The molecule has 0 aliphatic rings. The number of esters is 1. The van der Waals surface area contributed by atoms with Gasteiger partial charge in [0.15, 0.2) is 0 Å². The van der Waals surface area contributed by atoms with Gasteiger partial charge in [0.25, 0.3) is 0 Å². The number of ether oxygens (including phenoxy) is 1. The zero-order valence-corrected chi connectivity index (χ0v) is 18.7. The molecule has 3 aromatic rings. The van der Waals surface area contributed by atoms with E-state index in [0.29, 0.717) is 19.7 Å². The second-order valence-electron chi connectivity index (χ2n) is 6.98. The van der Waals surface area contributed by atoms with Gasteiger partial charge in [-0.3, -0.25) is 9.69 Å². The first-order valence-electron chi connectivity index (χ1n) is 10.1. The molecule has 154 valence electrons. The van der Waals surface area contributed by atoms with Gasteiger partial charge < -0.3 is 4.74 Å². The molecule has 1 unspecified atom stereocenters.